The summed E-state index contributed by atoms with van der Waals surface area (Å²) in [5.74, 6) is -1.55. The second-order valence-electron chi connectivity index (χ2n) is 5.38. The quantitative estimate of drug-likeness (QED) is 0.629. The molecule has 1 amide bonds. The molecule has 0 aliphatic carbocycles. The second kappa shape index (κ2) is 7.45. The molecular formula is C19H12F4N2O2. The fraction of sp³-hybridized carbons (Fsp3) is 0.0526. The van der Waals surface area contributed by atoms with Crippen molar-refractivity contribution in [1.82, 2.24) is 4.98 Å². The SMILES string of the molecule is [2H]N(C(=O)c1cccc(Oc2cccc(C(F)(F)F)c2)n1)c1ccc(F)cc1. The van der Waals surface area contributed by atoms with E-state index in [2.05, 4.69) is 4.98 Å². The first kappa shape index (κ1) is 17.0. The van der Waals surface area contributed by atoms with Crippen LogP contribution in [0.15, 0.2) is 66.7 Å². The normalized spacial score (nSPS) is 11.6. The molecule has 27 heavy (non-hydrogen) atoms. The predicted molar refractivity (Wildman–Crippen MR) is 90.1 cm³/mol. The molecule has 3 rings (SSSR count). The Morgan fingerprint density at radius 1 is 1.04 bits per heavy atom. The summed E-state index contributed by atoms with van der Waals surface area (Å²) in [5.41, 5.74) is -0.924. The van der Waals surface area contributed by atoms with Crippen molar-refractivity contribution in [3.8, 4) is 11.6 Å². The third-order valence-corrected chi connectivity index (χ3v) is 3.38. The van der Waals surface area contributed by atoms with Gasteiger partial charge < -0.3 is 10.0 Å². The summed E-state index contributed by atoms with van der Waals surface area (Å²) < 4.78 is 64.5. The molecule has 138 valence electrons. The van der Waals surface area contributed by atoms with Gasteiger partial charge in [-0.05, 0) is 48.5 Å². The average Bonchev–Trinajstić information content (AvgIpc) is 2.67. The van der Waals surface area contributed by atoms with Crippen LogP contribution >= 0.6 is 0 Å². The number of alkyl halides is 3. The highest BCUT2D eigenvalue weighted by Crippen LogP contribution is 2.32. The molecule has 0 saturated carbocycles. The lowest BCUT2D eigenvalue weighted by atomic mass is 10.2. The van der Waals surface area contributed by atoms with Crippen molar-refractivity contribution >= 4 is 11.6 Å². The number of ether oxygens (including phenoxy) is 1. The Kier molecular flexibility index (Phi) is 4.69. The molecule has 1 aromatic heterocycles. The van der Waals surface area contributed by atoms with Gasteiger partial charge in [-0.2, -0.15) is 13.2 Å². The van der Waals surface area contributed by atoms with Crippen LogP contribution in [0.25, 0.3) is 0 Å². The van der Waals surface area contributed by atoms with E-state index in [9.17, 15) is 22.4 Å². The van der Waals surface area contributed by atoms with E-state index in [1.54, 1.807) is 0 Å². The Balaban J connectivity index is 1.80. The summed E-state index contributed by atoms with van der Waals surface area (Å²) in [7, 11) is 0. The minimum absolute atomic E-state index is 0.104. The molecule has 0 bridgehead atoms. The van der Waals surface area contributed by atoms with Crippen molar-refractivity contribution in [3.63, 3.8) is 0 Å². The Hall–Kier alpha value is -3.42. The van der Waals surface area contributed by atoms with Crippen LogP contribution < -0.4 is 10.0 Å². The van der Waals surface area contributed by atoms with Gasteiger partial charge in [0.1, 0.15) is 17.3 Å². The Morgan fingerprint density at radius 2 is 1.74 bits per heavy atom. The third kappa shape index (κ3) is 4.81. The average molecular weight is 377 g/mol. The van der Waals surface area contributed by atoms with Gasteiger partial charge >= 0.3 is 6.18 Å². The Morgan fingerprint density at radius 3 is 2.44 bits per heavy atom. The highest BCUT2D eigenvalue weighted by Gasteiger charge is 2.30. The molecule has 1 N–H and O–H groups in total. The van der Waals surface area contributed by atoms with Crippen molar-refractivity contribution in [1.29, 1.82) is 0 Å². The number of hydrogen-bond acceptors (Lipinski definition) is 3. The maximum atomic E-state index is 13.0. The summed E-state index contributed by atoms with van der Waals surface area (Å²) in [4.78, 5) is 16.3. The van der Waals surface area contributed by atoms with Gasteiger partial charge in [-0.15, -0.1) is 0 Å². The van der Waals surface area contributed by atoms with Crippen molar-refractivity contribution in [2.24, 2.45) is 0 Å². The largest absolute Gasteiger partial charge is 0.439 e. The Labute approximate surface area is 152 Å². The summed E-state index contributed by atoms with van der Waals surface area (Å²) in [6.07, 6.45) is -4.52. The number of rotatable bonds is 4. The molecule has 0 fully saturated rings. The minimum Gasteiger partial charge on any atom is -0.439 e. The van der Waals surface area contributed by atoms with Crippen molar-refractivity contribution in [2.75, 3.05) is 5.31 Å². The molecule has 1 heterocycles. The van der Waals surface area contributed by atoms with Gasteiger partial charge in [0.15, 0.2) is 1.41 Å². The maximum Gasteiger partial charge on any atom is 0.416 e. The molecule has 0 saturated heterocycles. The molecule has 4 nitrogen and oxygen atoms in total. The van der Waals surface area contributed by atoms with Crippen LogP contribution in [0.1, 0.15) is 16.1 Å². The molecule has 0 spiro atoms. The van der Waals surface area contributed by atoms with Gasteiger partial charge in [-0.3, -0.25) is 4.79 Å². The van der Waals surface area contributed by atoms with Gasteiger partial charge in [-0.25, -0.2) is 9.37 Å². The topological polar surface area (TPSA) is 51.2 Å². The van der Waals surface area contributed by atoms with Crippen LogP contribution in [-0.2, 0) is 6.18 Å². The smallest absolute Gasteiger partial charge is 0.416 e. The number of benzene rings is 2. The molecule has 0 radical (unpaired) electrons. The number of carbonyl (C=O) groups is 1. The number of nitrogens with one attached hydrogen (secondary N) is 1. The molecule has 2 aromatic carbocycles. The van der Waals surface area contributed by atoms with Gasteiger partial charge in [-0.1, -0.05) is 12.1 Å². The maximum absolute atomic E-state index is 13.0. The molecule has 0 unspecified atom stereocenters. The van der Waals surface area contributed by atoms with Crippen LogP contribution in [0.3, 0.4) is 0 Å². The van der Waals surface area contributed by atoms with Crippen molar-refractivity contribution in [2.45, 2.75) is 6.18 Å². The zero-order chi connectivity index (χ0) is 20.3. The van der Waals surface area contributed by atoms with Crippen LogP contribution in [0.5, 0.6) is 11.6 Å². The summed E-state index contributed by atoms with van der Waals surface area (Å²) >= 11 is 0. The molecule has 3 aromatic rings. The fourth-order valence-corrected chi connectivity index (χ4v) is 2.14. The van der Waals surface area contributed by atoms with Crippen LogP contribution in [0.2, 0.25) is 1.41 Å². The van der Waals surface area contributed by atoms with Gasteiger partial charge in [0.2, 0.25) is 5.88 Å². The lowest BCUT2D eigenvalue weighted by Gasteiger charge is -2.10. The molecular weight excluding hydrogens is 364 g/mol. The first-order valence-electron chi connectivity index (χ1n) is 8.10. The van der Waals surface area contributed by atoms with E-state index in [4.69, 9.17) is 6.15 Å². The molecule has 0 atom stereocenters. The van der Waals surface area contributed by atoms with Crippen molar-refractivity contribution < 1.29 is 28.5 Å². The summed E-state index contributed by atoms with van der Waals surface area (Å²) in [6, 6.07) is 13.0. The van der Waals surface area contributed by atoms with Crippen LogP contribution in [-0.4, -0.2) is 10.9 Å². The van der Waals surface area contributed by atoms with E-state index >= 15 is 0 Å². The predicted octanol–water partition coefficient (Wildman–Crippen LogP) is 5.28. The summed E-state index contributed by atoms with van der Waals surface area (Å²) in [6.45, 7) is 0. The lowest BCUT2D eigenvalue weighted by Crippen LogP contribution is -2.13. The van der Waals surface area contributed by atoms with E-state index in [-0.39, 0.29) is 23.0 Å². The lowest BCUT2D eigenvalue weighted by molar-refractivity contribution is -0.137. The number of hydrogen-bond donors (Lipinski definition) is 1. The van der Waals surface area contributed by atoms with E-state index < -0.39 is 23.5 Å². The first-order valence-corrected chi connectivity index (χ1v) is 7.65. The Bertz CT molecular complexity index is 994. The number of carbonyl (C=O) groups excluding carboxylic acids is 1. The van der Waals surface area contributed by atoms with Gasteiger partial charge in [0.25, 0.3) is 5.91 Å². The monoisotopic (exact) mass is 377 g/mol. The van der Waals surface area contributed by atoms with Crippen molar-refractivity contribution in [3.05, 3.63) is 83.8 Å². The second-order valence-corrected chi connectivity index (χ2v) is 5.38. The number of nitrogens with zero attached hydrogens (tertiary/aromatic N) is 1. The highest BCUT2D eigenvalue weighted by molar-refractivity contribution is 6.02. The van der Waals surface area contributed by atoms with E-state index in [0.717, 1.165) is 24.3 Å². The van der Waals surface area contributed by atoms with E-state index in [1.807, 2.05) is 0 Å². The van der Waals surface area contributed by atoms with E-state index in [0.29, 0.717) is 5.31 Å². The number of aromatic nitrogens is 1. The highest BCUT2D eigenvalue weighted by atomic mass is 19.4. The first-order chi connectivity index (χ1) is 13.2. The van der Waals surface area contributed by atoms with Crippen LogP contribution in [0.4, 0.5) is 23.2 Å². The van der Waals surface area contributed by atoms with E-state index in [1.165, 1.54) is 42.5 Å². The number of amides is 1. The fourth-order valence-electron chi connectivity index (χ4n) is 2.14. The summed E-state index contributed by atoms with van der Waals surface area (Å²) in [5, 5.41) is 0.524. The van der Waals surface area contributed by atoms with Gasteiger partial charge in [0, 0.05) is 11.8 Å². The molecule has 8 heteroatoms. The van der Waals surface area contributed by atoms with Gasteiger partial charge in [0.05, 0.1) is 5.56 Å². The zero-order valence-electron chi connectivity index (χ0n) is 14.6. The number of halogens is 4. The third-order valence-electron chi connectivity index (χ3n) is 3.38. The zero-order valence-corrected chi connectivity index (χ0v) is 13.6. The standard InChI is InChI=1S/C19H12F4N2O2/c20-13-7-9-14(10-8-13)24-18(26)16-5-2-6-17(25-16)27-15-4-1-3-12(11-15)19(21,22)23/h1-11H,(H,24,26)/i/hD. The van der Waals surface area contributed by atoms with Crippen LogP contribution in [0, 0.1) is 5.82 Å². The molecule has 0 aliphatic rings. The molecule has 0 aliphatic heterocycles. The minimum atomic E-state index is -4.52. The number of pyridine rings is 1. The number of anilines is 1.